The summed E-state index contributed by atoms with van der Waals surface area (Å²) in [6, 6.07) is 20.2. The van der Waals surface area contributed by atoms with Crippen LogP contribution >= 0.6 is 0 Å². The zero-order valence-electron chi connectivity index (χ0n) is 19.7. The standard InChI is InChI=1S/C27H34N4O2/c1-27(2,3)25(31(24(33)19-32)17-21-14-28-15-21)26-29-23(22-12-8-5-9-13-22)18-30(26)16-20-10-6-4-7-11-20/h4-13,18,21,25,28,32H,14-17,19H2,1-3H3. The minimum absolute atomic E-state index is 0.252. The zero-order chi connectivity index (χ0) is 23.4. The van der Waals surface area contributed by atoms with Gasteiger partial charge in [0.1, 0.15) is 12.4 Å². The van der Waals surface area contributed by atoms with Crippen LogP contribution in [0.5, 0.6) is 0 Å². The number of amides is 1. The van der Waals surface area contributed by atoms with Crippen molar-refractivity contribution in [2.75, 3.05) is 26.2 Å². The highest BCUT2D eigenvalue weighted by Crippen LogP contribution is 2.39. The van der Waals surface area contributed by atoms with Crippen LogP contribution in [0.1, 0.15) is 38.2 Å². The van der Waals surface area contributed by atoms with Crippen molar-refractivity contribution in [1.82, 2.24) is 19.8 Å². The third-order valence-electron chi connectivity index (χ3n) is 6.23. The fourth-order valence-corrected chi connectivity index (χ4v) is 4.50. The average Bonchev–Trinajstić information content (AvgIpc) is 3.18. The van der Waals surface area contributed by atoms with Gasteiger partial charge in [0.25, 0.3) is 0 Å². The highest BCUT2D eigenvalue weighted by Gasteiger charge is 2.39. The molecule has 0 radical (unpaired) electrons. The Morgan fingerprint density at radius 3 is 2.30 bits per heavy atom. The first-order valence-electron chi connectivity index (χ1n) is 11.6. The number of hydrogen-bond donors (Lipinski definition) is 2. The topological polar surface area (TPSA) is 70.4 Å². The second-order valence-electron chi connectivity index (χ2n) is 9.96. The molecule has 1 atom stereocenters. The molecule has 1 aromatic heterocycles. The van der Waals surface area contributed by atoms with Gasteiger partial charge in [0, 0.05) is 43.9 Å². The first-order valence-corrected chi connectivity index (χ1v) is 11.6. The number of nitrogens with one attached hydrogen (secondary N) is 1. The van der Waals surface area contributed by atoms with Crippen molar-refractivity contribution in [1.29, 1.82) is 0 Å². The highest BCUT2D eigenvalue weighted by atomic mass is 16.3. The Kier molecular flexibility index (Phi) is 6.96. The molecular weight excluding hydrogens is 412 g/mol. The van der Waals surface area contributed by atoms with Gasteiger partial charge in [-0.2, -0.15) is 0 Å². The smallest absolute Gasteiger partial charge is 0.248 e. The Labute approximate surface area is 196 Å². The Bertz CT molecular complexity index is 1050. The van der Waals surface area contributed by atoms with Crippen LogP contribution in [-0.4, -0.2) is 51.7 Å². The van der Waals surface area contributed by atoms with Crippen LogP contribution < -0.4 is 5.32 Å². The van der Waals surface area contributed by atoms with Crippen molar-refractivity contribution in [3.05, 3.63) is 78.2 Å². The van der Waals surface area contributed by atoms with Crippen LogP contribution in [0.15, 0.2) is 66.9 Å². The van der Waals surface area contributed by atoms with Crippen LogP contribution in [0.4, 0.5) is 0 Å². The molecule has 3 aromatic rings. The third-order valence-corrected chi connectivity index (χ3v) is 6.23. The van der Waals surface area contributed by atoms with E-state index < -0.39 is 6.61 Å². The maximum absolute atomic E-state index is 13.0. The van der Waals surface area contributed by atoms with E-state index in [1.165, 1.54) is 5.56 Å². The molecular formula is C27H34N4O2. The molecule has 1 aliphatic heterocycles. The molecule has 1 fully saturated rings. The van der Waals surface area contributed by atoms with Gasteiger partial charge < -0.3 is 19.9 Å². The lowest BCUT2D eigenvalue weighted by molar-refractivity contribution is -0.141. The normalized spacial score (nSPS) is 15.2. The van der Waals surface area contributed by atoms with Gasteiger partial charge in [0.05, 0.1) is 11.7 Å². The summed E-state index contributed by atoms with van der Waals surface area (Å²) < 4.78 is 2.17. The van der Waals surface area contributed by atoms with Crippen molar-refractivity contribution in [3.8, 4) is 11.3 Å². The molecule has 1 aliphatic rings. The fraction of sp³-hybridized carbons (Fsp3) is 0.407. The van der Waals surface area contributed by atoms with Gasteiger partial charge in [-0.05, 0) is 11.0 Å². The van der Waals surface area contributed by atoms with Crippen molar-refractivity contribution < 1.29 is 9.90 Å². The van der Waals surface area contributed by atoms with Crippen molar-refractivity contribution in [3.63, 3.8) is 0 Å². The van der Waals surface area contributed by atoms with Gasteiger partial charge >= 0.3 is 0 Å². The lowest BCUT2D eigenvalue weighted by Gasteiger charge is -2.43. The number of hydrogen-bond acceptors (Lipinski definition) is 4. The molecule has 0 aliphatic carbocycles. The molecule has 1 amide bonds. The van der Waals surface area contributed by atoms with Gasteiger partial charge in [-0.3, -0.25) is 4.79 Å². The van der Waals surface area contributed by atoms with E-state index in [1.807, 2.05) is 41.3 Å². The summed E-state index contributed by atoms with van der Waals surface area (Å²) in [6.07, 6.45) is 2.09. The molecule has 2 N–H and O–H groups in total. The van der Waals surface area contributed by atoms with Gasteiger partial charge in [-0.25, -0.2) is 4.98 Å². The van der Waals surface area contributed by atoms with Gasteiger partial charge in [0.15, 0.2) is 0 Å². The molecule has 1 saturated heterocycles. The van der Waals surface area contributed by atoms with E-state index >= 15 is 0 Å². The molecule has 2 heterocycles. The van der Waals surface area contributed by atoms with E-state index in [9.17, 15) is 9.90 Å². The largest absolute Gasteiger partial charge is 0.387 e. The predicted octanol–water partition coefficient (Wildman–Crippen LogP) is 3.73. The molecule has 0 spiro atoms. The molecule has 2 aromatic carbocycles. The first-order chi connectivity index (χ1) is 15.9. The maximum atomic E-state index is 13.0. The summed E-state index contributed by atoms with van der Waals surface area (Å²) in [6.45, 7) is 8.95. The summed E-state index contributed by atoms with van der Waals surface area (Å²) in [7, 11) is 0. The van der Waals surface area contributed by atoms with E-state index in [4.69, 9.17) is 4.98 Å². The molecule has 33 heavy (non-hydrogen) atoms. The van der Waals surface area contributed by atoms with E-state index in [2.05, 4.69) is 61.1 Å². The number of aliphatic hydroxyl groups is 1. The predicted molar refractivity (Wildman–Crippen MR) is 131 cm³/mol. The van der Waals surface area contributed by atoms with Crippen LogP contribution in [0.25, 0.3) is 11.3 Å². The Balaban J connectivity index is 1.81. The van der Waals surface area contributed by atoms with Gasteiger partial charge in [-0.15, -0.1) is 0 Å². The summed E-state index contributed by atoms with van der Waals surface area (Å²) in [5.41, 5.74) is 2.82. The molecule has 174 valence electrons. The highest BCUT2D eigenvalue weighted by molar-refractivity contribution is 5.77. The molecule has 0 saturated carbocycles. The molecule has 6 heteroatoms. The third kappa shape index (κ3) is 5.34. The minimum Gasteiger partial charge on any atom is -0.387 e. The number of carbonyl (C=O) groups is 1. The van der Waals surface area contributed by atoms with Crippen LogP contribution in [-0.2, 0) is 11.3 Å². The maximum Gasteiger partial charge on any atom is 0.248 e. The van der Waals surface area contributed by atoms with Crippen molar-refractivity contribution in [2.24, 2.45) is 11.3 Å². The Morgan fingerprint density at radius 2 is 1.76 bits per heavy atom. The van der Waals surface area contributed by atoms with E-state index in [0.717, 1.165) is 30.2 Å². The van der Waals surface area contributed by atoms with Gasteiger partial charge in [0.2, 0.25) is 5.91 Å². The number of aliphatic hydroxyl groups excluding tert-OH is 1. The summed E-state index contributed by atoms with van der Waals surface area (Å²) >= 11 is 0. The van der Waals surface area contributed by atoms with Crippen LogP contribution in [0, 0.1) is 11.3 Å². The lowest BCUT2D eigenvalue weighted by Crippen LogP contribution is -2.53. The summed E-state index contributed by atoms with van der Waals surface area (Å²) in [5, 5.41) is 13.1. The molecule has 4 rings (SSSR count). The van der Waals surface area contributed by atoms with E-state index in [-0.39, 0.29) is 17.4 Å². The van der Waals surface area contributed by atoms with Crippen molar-refractivity contribution in [2.45, 2.75) is 33.4 Å². The summed E-state index contributed by atoms with van der Waals surface area (Å²) in [4.78, 5) is 20.0. The summed E-state index contributed by atoms with van der Waals surface area (Å²) in [5.74, 6) is 0.980. The quantitative estimate of drug-likeness (QED) is 0.553. The van der Waals surface area contributed by atoms with E-state index in [1.54, 1.807) is 0 Å². The first kappa shape index (κ1) is 23.2. The minimum atomic E-state index is -0.502. The van der Waals surface area contributed by atoms with Gasteiger partial charge in [-0.1, -0.05) is 81.4 Å². The molecule has 1 unspecified atom stereocenters. The number of carbonyl (C=O) groups excluding carboxylic acids is 1. The number of imidazole rings is 1. The van der Waals surface area contributed by atoms with Crippen LogP contribution in [0.2, 0.25) is 0 Å². The SMILES string of the molecule is CC(C)(C)C(c1nc(-c2ccccc2)cn1Cc1ccccc1)N(CC1CNC1)C(=O)CO. The monoisotopic (exact) mass is 446 g/mol. The number of rotatable bonds is 8. The number of aromatic nitrogens is 2. The van der Waals surface area contributed by atoms with E-state index in [0.29, 0.717) is 19.0 Å². The molecule has 0 bridgehead atoms. The lowest BCUT2D eigenvalue weighted by atomic mass is 9.84. The number of benzene rings is 2. The fourth-order valence-electron chi connectivity index (χ4n) is 4.50. The van der Waals surface area contributed by atoms with Crippen LogP contribution in [0.3, 0.4) is 0 Å². The number of nitrogens with zero attached hydrogens (tertiary/aromatic N) is 3. The Hall–Kier alpha value is -2.96. The Morgan fingerprint density at radius 1 is 1.12 bits per heavy atom. The second-order valence-corrected chi connectivity index (χ2v) is 9.96. The second kappa shape index (κ2) is 9.89. The van der Waals surface area contributed by atoms with Crippen molar-refractivity contribution >= 4 is 5.91 Å². The zero-order valence-corrected chi connectivity index (χ0v) is 19.7. The molecule has 6 nitrogen and oxygen atoms in total. The average molecular weight is 447 g/mol.